The summed E-state index contributed by atoms with van der Waals surface area (Å²) < 4.78 is 31.4. The second-order valence-electron chi connectivity index (χ2n) is 7.95. The normalized spacial score (nSPS) is 12.1. The molecule has 0 spiro atoms. The number of methoxy groups -OCH3 is 1. The number of rotatable bonds is 12. The summed E-state index contributed by atoms with van der Waals surface area (Å²) in [5, 5.41) is 3.25. The first kappa shape index (κ1) is 28.7. The summed E-state index contributed by atoms with van der Waals surface area (Å²) in [5.41, 5.74) is 0.885. The van der Waals surface area contributed by atoms with Crippen LogP contribution in [0.15, 0.2) is 42.5 Å². The van der Waals surface area contributed by atoms with Gasteiger partial charge < -0.3 is 15.0 Å². The molecule has 2 aromatic carbocycles. The highest BCUT2D eigenvalue weighted by Gasteiger charge is 2.32. The van der Waals surface area contributed by atoms with Gasteiger partial charge in [-0.05, 0) is 48.7 Å². The van der Waals surface area contributed by atoms with Crippen LogP contribution in [0.25, 0.3) is 0 Å². The number of nitrogens with zero attached hydrogens (tertiary/aromatic N) is 2. The molecule has 192 valence electrons. The number of nitrogens with one attached hydrogen (secondary N) is 1. The Labute approximate surface area is 217 Å². The quantitative estimate of drug-likeness (QED) is 0.434. The average Bonchev–Trinajstić information content (AvgIpc) is 2.81. The second-order valence-corrected chi connectivity index (χ2v) is 10.7. The van der Waals surface area contributed by atoms with E-state index < -0.39 is 28.5 Å². The molecule has 0 saturated heterocycles. The number of sulfonamides is 1. The Kier molecular flexibility index (Phi) is 10.7. The zero-order chi connectivity index (χ0) is 26.2. The van der Waals surface area contributed by atoms with Gasteiger partial charge in [-0.3, -0.25) is 13.9 Å². The average molecular weight is 545 g/mol. The number of carbonyl (C=O) groups excluding carboxylic acids is 2. The molecule has 0 heterocycles. The molecule has 2 aromatic rings. The first-order chi connectivity index (χ1) is 16.5. The number of hydrogen-bond donors (Lipinski definition) is 1. The molecule has 0 aliphatic heterocycles. The predicted octanol–water partition coefficient (Wildman–Crippen LogP) is 4.10. The lowest BCUT2D eigenvalue weighted by atomic mass is 10.1. The van der Waals surface area contributed by atoms with E-state index in [1.54, 1.807) is 38.3 Å². The molecule has 0 aliphatic carbocycles. The van der Waals surface area contributed by atoms with Crippen LogP contribution in [-0.4, -0.2) is 57.6 Å². The molecule has 0 bridgehead atoms. The van der Waals surface area contributed by atoms with Crippen molar-refractivity contribution in [2.45, 2.75) is 39.3 Å². The van der Waals surface area contributed by atoms with Gasteiger partial charge in [0.25, 0.3) is 0 Å². The van der Waals surface area contributed by atoms with Crippen molar-refractivity contribution in [2.75, 3.05) is 30.8 Å². The van der Waals surface area contributed by atoms with Crippen LogP contribution in [0.4, 0.5) is 5.69 Å². The molecule has 1 atom stereocenters. The lowest BCUT2D eigenvalue weighted by Gasteiger charge is -2.33. The number of benzene rings is 2. The highest BCUT2D eigenvalue weighted by Crippen LogP contribution is 2.30. The predicted molar refractivity (Wildman–Crippen MR) is 140 cm³/mol. The lowest BCUT2D eigenvalue weighted by molar-refractivity contribution is -0.140. The fourth-order valence-corrected chi connectivity index (χ4v) is 4.91. The monoisotopic (exact) mass is 543 g/mol. The van der Waals surface area contributed by atoms with Gasteiger partial charge in [0.2, 0.25) is 21.8 Å². The molecule has 2 amide bonds. The highest BCUT2D eigenvalue weighted by atomic mass is 35.5. The van der Waals surface area contributed by atoms with Gasteiger partial charge in [-0.2, -0.15) is 0 Å². The Morgan fingerprint density at radius 2 is 1.74 bits per heavy atom. The zero-order valence-corrected chi connectivity index (χ0v) is 22.6. The zero-order valence-electron chi connectivity index (χ0n) is 20.3. The number of hydrogen-bond acceptors (Lipinski definition) is 5. The van der Waals surface area contributed by atoms with Crippen LogP contribution < -0.4 is 14.4 Å². The fourth-order valence-electron chi connectivity index (χ4n) is 3.49. The van der Waals surface area contributed by atoms with E-state index in [2.05, 4.69) is 5.32 Å². The Hall–Kier alpha value is -2.49. The summed E-state index contributed by atoms with van der Waals surface area (Å²) in [6.07, 6.45) is 2.08. The van der Waals surface area contributed by atoms with Crippen molar-refractivity contribution in [1.82, 2.24) is 10.2 Å². The van der Waals surface area contributed by atoms with Crippen LogP contribution in [-0.2, 0) is 26.2 Å². The maximum absolute atomic E-state index is 13.6. The third-order valence-corrected chi connectivity index (χ3v) is 6.97. The van der Waals surface area contributed by atoms with Crippen molar-refractivity contribution in [2.24, 2.45) is 0 Å². The molecule has 1 N–H and O–H groups in total. The minimum atomic E-state index is -3.89. The van der Waals surface area contributed by atoms with E-state index in [0.717, 1.165) is 22.5 Å². The van der Waals surface area contributed by atoms with Gasteiger partial charge in [0, 0.05) is 18.1 Å². The third kappa shape index (κ3) is 8.02. The largest absolute Gasteiger partial charge is 0.497 e. The molecule has 2 rings (SSSR count). The second kappa shape index (κ2) is 13.0. The van der Waals surface area contributed by atoms with Crippen molar-refractivity contribution < 1.29 is 22.7 Å². The minimum Gasteiger partial charge on any atom is -0.497 e. The Bertz CT molecular complexity index is 1130. The molecular weight excluding hydrogens is 513 g/mol. The Morgan fingerprint density at radius 1 is 1.09 bits per heavy atom. The summed E-state index contributed by atoms with van der Waals surface area (Å²) in [5.74, 6) is -0.192. The number of anilines is 1. The third-order valence-electron chi connectivity index (χ3n) is 5.30. The number of ether oxygens (including phenoxy) is 1. The number of halogens is 2. The summed E-state index contributed by atoms with van der Waals surface area (Å²) in [7, 11) is -2.34. The lowest BCUT2D eigenvalue weighted by Crippen LogP contribution is -2.52. The molecule has 11 heteroatoms. The number of carbonyl (C=O) groups is 2. The maximum atomic E-state index is 13.6. The van der Waals surface area contributed by atoms with Crippen LogP contribution in [0.5, 0.6) is 5.75 Å². The molecule has 0 radical (unpaired) electrons. The van der Waals surface area contributed by atoms with Gasteiger partial charge in [0.15, 0.2) is 0 Å². The maximum Gasteiger partial charge on any atom is 0.244 e. The van der Waals surface area contributed by atoms with Crippen LogP contribution in [0.2, 0.25) is 10.0 Å². The molecule has 0 aliphatic rings. The molecule has 0 unspecified atom stereocenters. The van der Waals surface area contributed by atoms with Gasteiger partial charge in [-0.1, -0.05) is 49.2 Å². The minimum absolute atomic E-state index is 0.0881. The highest BCUT2D eigenvalue weighted by molar-refractivity contribution is 7.92. The first-order valence-electron chi connectivity index (χ1n) is 11.1. The van der Waals surface area contributed by atoms with Gasteiger partial charge >= 0.3 is 0 Å². The van der Waals surface area contributed by atoms with E-state index in [-0.39, 0.29) is 23.2 Å². The van der Waals surface area contributed by atoms with E-state index in [9.17, 15) is 18.0 Å². The van der Waals surface area contributed by atoms with Gasteiger partial charge in [-0.15, -0.1) is 0 Å². The van der Waals surface area contributed by atoms with Crippen molar-refractivity contribution in [1.29, 1.82) is 0 Å². The summed E-state index contributed by atoms with van der Waals surface area (Å²) in [6, 6.07) is 10.6. The summed E-state index contributed by atoms with van der Waals surface area (Å²) in [4.78, 5) is 27.9. The van der Waals surface area contributed by atoms with E-state index in [4.69, 9.17) is 27.9 Å². The topological polar surface area (TPSA) is 96.0 Å². The van der Waals surface area contributed by atoms with Crippen molar-refractivity contribution >= 4 is 50.7 Å². The van der Waals surface area contributed by atoms with Crippen molar-refractivity contribution in [3.63, 3.8) is 0 Å². The summed E-state index contributed by atoms with van der Waals surface area (Å²) in [6.45, 7) is 3.77. The van der Waals surface area contributed by atoms with Crippen LogP contribution in [0.1, 0.15) is 32.3 Å². The van der Waals surface area contributed by atoms with E-state index in [0.29, 0.717) is 23.7 Å². The Morgan fingerprint density at radius 3 is 2.26 bits per heavy atom. The molecule has 0 saturated carbocycles. The van der Waals surface area contributed by atoms with E-state index in [1.807, 2.05) is 6.92 Å². The van der Waals surface area contributed by atoms with Crippen LogP contribution in [0, 0.1) is 0 Å². The van der Waals surface area contributed by atoms with Crippen molar-refractivity contribution in [3.8, 4) is 5.75 Å². The fraction of sp³-hybridized carbons (Fsp3) is 0.417. The van der Waals surface area contributed by atoms with Gasteiger partial charge in [0.1, 0.15) is 18.3 Å². The first-order valence-corrected chi connectivity index (χ1v) is 13.7. The van der Waals surface area contributed by atoms with E-state index in [1.165, 1.54) is 23.1 Å². The Balaban J connectivity index is 2.44. The summed E-state index contributed by atoms with van der Waals surface area (Å²) >= 11 is 12.2. The van der Waals surface area contributed by atoms with Crippen LogP contribution in [0.3, 0.4) is 0 Å². The number of amides is 2. The standard InChI is InChI=1S/C24H31Cl2N3O5S/c1-5-13-27-24(31)21(6-2)28(15-17-7-10-19(34-3)11-8-17)23(30)16-29(35(4,32)33)22-12-9-18(25)14-20(22)26/h7-12,14,21H,5-6,13,15-16H2,1-4H3,(H,27,31)/t21-/m1/s1. The molecule has 35 heavy (non-hydrogen) atoms. The molecule has 0 aromatic heterocycles. The molecule has 0 fully saturated rings. The van der Waals surface area contributed by atoms with Gasteiger partial charge in [-0.25, -0.2) is 8.42 Å². The molecular formula is C24H31Cl2N3O5S. The van der Waals surface area contributed by atoms with E-state index >= 15 is 0 Å². The molecule has 8 nitrogen and oxygen atoms in total. The van der Waals surface area contributed by atoms with Gasteiger partial charge in [0.05, 0.1) is 24.1 Å². The SMILES string of the molecule is CCCNC(=O)[C@@H](CC)N(Cc1ccc(OC)cc1)C(=O)CN(c1ccc(Cl)cc1Cl)S(C)(=O)=O. The van der Waals surface area contributed by atoms with Crippen LogP contribution >= 0.6 is 23.2 Å². The van der Waals surface area contributed by atoms with Crippen molar-refractivity contribution in [3.05, 3.63) is 58.1 Å². The smallest absolute Gasteiger partial charge is 0.244 e.